The van der Waals surface area contributed by atoms with Crippen molar-refractivity contribution < 1.29 is 14.0 Å². The molecule has 0 spiro atoms. The third kappa shape index (κ3) is 3.94. The Morgan fingerprint density at radius 3 is 2.77 bits per heavy atom. The predicted octanol–water partition coefficient (Wildman–Crippen LogP) is 1.17. The fourth-order valence-corrected chi connectivity index (χ4v) is 3.36. The highest BCUT2D eigenvalue weighted by Gasteiger charge is 2.30. The zero-order valence-corrected chi connectivity index (χ0v) is 14.5. The first-order chi connectivity index (χ1) is 12.6. The van der Waals surface area contributed by atoms with Gasteiger partial charge in [-0.25, -0.2) is 9.18 Å². The molecule has 0 saturated carbocycles. The first-order valence-corrected chi connectivity index (χ1v) is 8.82. The molecular weight excluding hydrogens is 337 g/mol. The maximum absolute atomic E-state index is 13.0. The molecule has 1 atom stereocenters. The van der Waals surface area contributed by atoms with E-state index in [4.69, 9.17) is 5.26 Å². The molecule has 0 unspecified atom stereocenters. The number of likely N-dealkylation sites (tertiary alicyclic amines) is 1. The van der Waals surface area contributed by atoms with Crippen LogP contribution in [0, 0.1) is 17.1 Å². The van der Waals surface area contributed by atoms with Crippen LogP contribution in [0.3, 0.4) is 0 Å². The number of rotatable bonds is 6. The van der Waals surface area contributed by atoms with Crippen molar-refractivity contribution in [2.45, 2.75) is 18.9 Å². The van der Waals surface area contributed by atoms with Crippen molar-refractivity contribution >= 4 is 17.6 Å². The van der Waals surface area contributed by atoms with E-state index in [0.29, 0.717) is 38.4 Å². The summed E-state index contributed by atoms with van der Waals surface area (Å²) in [5.41, 5.74) is 0.679. The van der Waals surface area contributed by atoms with Gasteiger partial charge in [0, 0.05) is 38.4 Å². The van der Waals surface area contributed by atoms with Crippen molar-refractivity contribution in [2.75, 3.05) is 44.2 Å². The average molecular weight is 359 g/mol. The van der Waals surface area contributed by atoms with Gasteiger partial charge in [0.25, 0.3) is 0 Å². The van der Waals surface area contributed by atoms with E-state index in [9.17, 15) is 14.0 Å². The van der Waals surface area contributed by atoms with Crippen molar-refractivity contribution in [3.8, 4) is 6.07 Å². The number of carbonyl (C=O) groups excluding carboxylic acids is 2. The van der Waals surface area contributed by atoms with E-state index in [1.165, 1.54) is 12.1 Å². The maximum Gasteiger partial charge on any atom is 0.324 e. The Labute approximate surface area is 152 Å². The number of nitrogens with one attached hydrogen (secondary N) is 1. The molecule has 2 aliphatic rings. The second kappa shape index (κ2) is 8.15. The molecule has 0 bridgehead atoms. The number of nitrogens with zero attached hydrogens (tertiary/aromatic N) is 4. The van der Waals surface area contributed by atoms with E-state index < -0.39 is 0 Å². The minimum atomic E-state index is -0.331. The van der Waals surface area contributed by atoms with Crippen molar-refractivity contribution in [1.82, 2.24) is 15.1 Å². The fourth-order valence-electron chi connectivity index (χ4n) is 3.36. The Bertz CT molecular complexity index is 703. The van der Waals surface area contributed by atoms with Gasteiger partial charge in [-0.15, -0.1) is 0 Å². The summed E-state index contributed by atoms with van der Waals surface area (Å²) in [5.74, 6) is -0.405. The van der Waals surface area contributed by atoms with Crippen LogP contribution in [0.15, 0.2) is 24.3 Å². The van der Waals surface area contributed by atoms with Gasteiger partial charge in [0.05, 0.1) is 12.6 Å². The van der Waals surface area contributed by atoms with Gasteiger partial charge in [0.2, 0.25) is 5.91 Å². The molecule has 1 aromatic carbocycles. The highest BCUT2D eigenvalue weighted by atomic mass is 19.1. The number of nitriles is 1. The molecule has 2 aliphatic heterocycles. The SMILES string of the molecule is N#C[C@@H]1CCCN1C(=O)CNCCN1CCN(c2ccc(F)cc2)C1=O. The molecule has 2 saturated heterocycles. The predicted molar refractivity (Wildman–Crippen MR) is 93.9 cm³/mol. The number of carbonyl (C=O) groups is 2. The van der Waals surface area contributed by atoms with E-state index in [1.54, 1.807) is 26.8 Å². The first-order valence-electron chi connectivity index (χ1n) is 8.82. The number of amides is 3. The zero-order chi connectivity index (χ0) is 18.5. The molecule has 7 nitrogen and oxygen atoms in total. The van der Waals surface area contributed by atoms with E-state index in [-0.39, 0.29) is 30.3 Å². The third-order valence-electron chi connectivity index (χ3n) is 4.79. The zero-order valence-electron chi connectivity index (χ0n) is 14.5. The molecule has 0 radical (unpaired) electrons. The van der Waals surface area contributed by atoms with Crippen molar-refractivity contribution in [2.24, 2.45) is 0 Å². The first kappa shape index (κ1) is 18.1. The van der Waals surface area contributed by atoms with Crippen LogP contribution in [-0.4, -0.2) is 67.0 Å². The molecular formula is C18H22FN5O2. The molecule has 0 aromatic heterocycles. The van der Waals surface area contributed by atoms with Crippen LogP contribution in [0.4, 0.5) is 14.9 Å². The van der Waals surface area contributed by atoms with Gasteiger partial charge in [-0.2, -0.15) is 5.26 Å². The van der Waals surface area contributed by atoms with Crippen LogP contribution in [0.1, 0.15) is 12.8 Å². The van der Waals surface area contributed by atoms with Crippen LogP contribution in [0.25, 0.3) is 0 Å². The van der Waals surface area contributed by atoms with Crippen LogP contribution in [0.5, 0.6) is 0 Å². The Morgan fingerprint density at radius 2 is 2.04 bits per heavy atom. The topological polar surface area (TPSA) is 79.7 Å². The molecule has 2 heterocycles. The fraction of sp³-hybridized carbons (Fsp3) is 0.500. The molecule has 1 aromatic rings. The summed E-state index contributed by atoms with van der Waals surface area (Å²) >= 11 is 0. The van der Waals surface area contributed by atoms with Crippen LogP contribution < -0.4 is 10.2 Å². The van der Waals surface area contributed by atoms with E-state index in [2.05, 4.69) is 11.4 Å². The summed E-state index contributed by atoms with van der Waals surface area (Å²) in [7, 11) is 0. The second-order valence-corrected chi connectivity index (χ2v) is 6.45. The van der Waals surface area contributed by atoms with Gasteiger partial charge in [0.1, 0.15) is 11.9 Å². The van der Waals surface area contributed by atoms with Crippen molar-refractivity contribution in [3.63, 3.8) is 0 Å². The number of halogens is 1. The Balaban J connectivity index is 1.42. The maximum atomic E-state index is 13.0. The molecule has 1 N–H and O–H groups in total. The molecule has 2 fully saturated rings. The van der Waals surface area contributed by atoms with Crippen LogP contribution in [-0.2, 0) is 4.79 Å². The number of hydrogen-bond donors (Lipinski definition) is 1. The molecule has 3 amide bonds. The molecule has 3 rings (SSSR count). The van der Waals surface area contributed by atoms with Gasteiger partial charge in [-0.3, -0.25) is 9.69 Å². The second-order valence-electron chi connectivity index (χ2n) is 6.45. The highest BCUT2D eigenvalue weighted by Crippen LogP contribution is 2.20. The lowest BCUT2D eigenvalue weighted by Crippen LogP contribution is -2.43. The molecule has 0 aliphatic carbocycles. The van der Waals surface area contributed by atoms with E-state index in [1.807, 2.05) is 0 Å². The lowest BCUT2D eigenvalue weighted by Gasteiger charge is -2.21. The number of urea groups is 1. The molecule has 26 heavy (non-hydrogen) atoms. The van der Waals surface area contributed by atoms with Crippen LogP contribution >= 0.6 is 0 Å². The van der Waals surface area contributed by atoms with Gasteiger partial charge in [0.15, 0.2) is 0 Å². The summed E-state index contributed by atoms with van der Waals surface area (Å²) in [6.45, 7) is 2.94. The number of benzene rings is 1. The van der Waals surface area contributed by atoms with Gasteiger partial charge < -0.3 is 15.1 Å². The largest absolute Gasteiger partial charge is 0.326 e. The molecule has 8 heteroatoms. The van der Waals surface area contributed by atoms with Gasteiger partial charge >= 0.3 is 6.03 Å². The lowest BCUT2D eigenvalue weighted by molar-refractivity contribution is -0.130. The van der Waals surface area contributed by atoms with E-state index >= 15 is 0 Å². The minimum absolute atomic E-state index is 0.0743. The summed E-state index contributed by atoms with van der Waals surface area (Å²) in [6, 6.07) is 7.59. The van der Waals surface area contributed by atoms with Gasteiger partial charge in [-0.1, -0.05) is 0 Å². The van der Waals surface area contributed by atoms with Gasteiger partial charge in [-0.05, 0) is 37.1 Å². The van der Waals surface area contributed by atoms with E-state index in [0.717, 1.165) is 12.8 Å². The normalized spacial score (nSPS) is 19.9. The highest BCUT2D eigenvalue weighted by molar-refractivity contribution is 5.94. The minimum Gasteiger partial charge on any atom is -0.326 e. The quantitative estimate of drug-likeness (QED) is 0.774. The summed E-state index contributed by atoms with van der Waals surface area (Å²) < 4.78 is 13.0. The lowest BCUT2D eigenvalue weighted by atomic mass is 10.2. The monoisotopic (exact) mass is 359 g/mol. The smallest absolute Gasteiger partial charge is 0.324 e. The summed E-state index contributed by atoms with van der Waals surface area (Å²) in [6.07, 6.45) is 1.61. The van der Waals surface area contributed by atoms with Crippen molar-refractivity contribution in [1.29, 1.82) is 5.26 Å². The summed E-state index contributed by atoms with van der Waals surface area (Å²) in [4.78, 5) is 29.5. The Kier molecular flexibility index (Phi) is 5.68. The third-order valence-corrected chi connectivity index (χ3v) is 4.79. The standard InChI is InChI=1S/C18H22FN5O2/c19-14-3-5-15(6-4-14)24-11-10-22(18(24)26)9-7-21-13-17(25)23-8-1-2-16(23)12-20/h3-6,16,21H,1-2,7-11,13H2/t16-/m0/s1. The average Bonchev–Trinajstić information content (AvgIpc) is 3.26. The molecule has 138 valence electrons. The van der Waals surface area contributed by atoms with Crippen molar-refractivity contribution in [3.05, 3.63) is 30.1 Å². The Hall–Kier alpha value is -2.66. The number of hydrogen-bond acceptors (Lipinski definition) is 4. The number of anilines is 1. The Morgan fingerprint density at radius 1 is 1.27 bits per heavy atom. The van der Waals surface area contributed by atoms with Crippen LogP contribution in [0.2, 0.25) is 0 Å². The summed E-state index contributed by atoms with van der Waals surface area (Å²) in [5, 5.41) is 12.1.